The van der Waals surface area contributed by atoms with Crippen molar-refractivity contribution in [2.24, 2.45) is 11.7 Å². The lowest BCUT2D eigenvalue weighted by Gasteiger charge is -2.29. The third kappa shape index (κ3) is 6.78. The van der Waals surface area contributed by atoms with Crippen molar-refractivity contribution in [3.05, 3.63) is 0 Å². The second-order valence-electron chi connectivity index (χ2n) is 6.46. The van der Waals surface area contributed by atoms with Crippen molar-refractivity contribution in [1.82, 2.24) is 5.32 Å². The van der Waals surface area contributed by atoms with E-state index in [9.17, 15) is 9.90 Å². The molecule has 0 aromatic heterocycles. The summed E-state index contributed by atoms with van der Waals surface area (Å²) in [5, 5.41) is 12.7. The Hall–Kier alpha value is -0.810. The molecule has 0 aliphatic heterocycles. The summed E-state index contributed by atoms with van der Waals surface area (Å²) >= 11 is 0. The van der Waals surface area contributed by atoms with Crippen molar-refractivity contribution in [2.45, 2.75) is 70.6 Å². The number of ether oxygens (including phenoxy) is 1. The van der Waals surface area contributed by atoms with Gasteiger partial charge in [-0.25, -0.2) is 4.79 Å². The summed E-state index contributed by atoms with van der Waals surface area (Å²) in [4.78, 5) is 11.4. The normalized spacial score (nSPS) is 25.7. The van der Waals surface area contributed by atoms with Gasteiger partial charge in [-0.2, -0.15) is 0 Å². The van der Waals surface area contributed by atoms with E-state index in [1.54, 1.807) is 0 Å². The molecule has 112 valence electrons. The summed E-state index contributed by atoms with van der Waals surface area (Å²) in [6.07, 6.45) is 3.72. The van der Waals surface area contributed by atoms with E-state index < -0.39 is 11.7 Å². The molecular formula is C14H28N2O3. The van der Waals surface area contributed by atoms with Crippen LogP contribution in [-0.4, -0.2) is 35.5 Å². The fourth-order valence-corrected chi connectivity index (χ4v) is 2.40. The first-order chi connectivity index (χ1) is 8.78. The molecule has 1 saturated carbocycles. The fraction of sp³-hybridized carbons (Fsp3) is 0.929. The van der Waals surface area contributed by atoms with Gasteiger partial charge in [0.1, 0.15) is 5.60 Å². The van der Waals surface area contributed by atoms with Crippen LogP contribution in [0.1, 0.15) is 52.9 Å². The van der Waals surface area contributed by atoms with Crippen LogP contribution in [-0.2, 0) is 4.74 Å². The topological polar surface area (TPSA) is 84.6 Å². The number of rotatable bonds is 4. The molecule has 4 N–H and O–H groups in total. The predicted octanol–water partition coefficient (Wildman–Crippen LogP) is 1.78. The molecule has 0 spiro atoms. The third-order valence-electron chi connectivity index (χ3n) is 3.47. The number of aliphatic hydroxyl groups excluding tert-OH is 1. The number of amides is 1. The summed E-state index contributed by atoms with van der Waals surface area (Å²) in [5.41, 5.74) is 5.36. The zero-order valence-electron chi connectivity index (χ0n) is 12.3. The van der Waals surface area contributed by atoms with Gasteiger partial charge >= 0.3 is 6.09 Å². The minimum atomic E-state index is -0.484. The lowest BCUT2D eigenvalue weighted by molar-refractivity contribution is 0.0487. The molecule has 19 heavy (non-hydrogen) atoms. The first-order valence-corrected chi connectivity index (χ1v) is 7.18. The quantitative estimate of drug-likeness (QED) is 0.728. The monoisotopic (exact) mass is 272 g/mol. The highest BCUT2D eigenvalue weighted by atomic mass is 16.6. The molecule has 0 saturated heterocycles. The fourth-order valence-electron chi connectivity index (χ4n) is 2.40. The van der Waals surface area contributed by atoms with E-state index in [1.807, 2.05) is 20.8 Å². The van der Waals surface area contributed by atoms with E-state index in [4.69, 9.17) is 10.5 Å². The van der Waals surface area contributed by atoms with Crippen molar-refractivity contribution < 1.29 is 14.6 Å². The van der Waals surface area contributed by atoms with Crippen LogP contribution in [0.5, 0.6) is 0 Å². The second-order valence-corrected chi connectivity index (χ2v) is 6.46. The van der Waals surface area contributed by atoms with E-state index in [0.29, 0.717) is 24.9 Å². The lowest BCUT2D eigenvalue weighted by Crippen LogP contribution is -2.36. The van der Waals surface area contributed by atoms with Gasteiger partial charge in [-0.05, 0) is 58.8 Å². The highest BCUT2D eigenvalue weighted by Gasteiger charge is 2.24. The SMILES string of the molecule is CC(C)(C)OC(=O)NCCC(O)C1CCC(N)CC1. The maximum Gasteiger partial charge on any atom is 0.407 e. The standard InChI is InChI=1S/C14H28N2O3/c1-14(2,3)19-13(18)16-9-8-12(17)10-4-6-11(15)7-5-10/h10-12,17H,4-9,15H2,1-3H3,(H,16,18). The number of hydrogen-bond donors (Lipinski definition) is 3. The number of aliphatic hydroxyl groups is 1. The van der Waals surface area contributed by atoms with Crippen molar-refractivity contribution in [3.63, 3.8) is 0 Å². The van der Waals surface area contributed by atoms with Gasteiger partial charge in [0, 0.05) is 12.6 Å². The van der Waals surface area contributed by atoms with Gasteiger partial charge in [-0.3, -0.25) is 0 Å². The average Bonchev–Trinajstić information content (AvgIpc) is 2.27. The Morgan fingerprint density at radius 2 is 1.95 bits per heavy atom. The smallest absolute Gasteiger partial charge is 0.407 e. The maximum absolute atomic E-state index is 11.4. The number of nitrogens with two attached hydrogens (primary N) is 1. The molecule has 1 fully saturated rings. The Kier molecular flexibility index (Phi) is 6.07. The zero-order chi connectivity index (χ0) is 14.5. The van der Waals surface area contributed by atoms with Gasteiger partial charge in [-0.15, -0.1) is 0 Å². The highest BCUT2D eigenvalue weighted by Crippen LogP contribution is 2.27. The molecule has 0 aromatic carbocycles. The summed E-state index contributed by atoms with van der Waals surface area (Å²) in [7, 11) is 0. The predicted molar refractivity (Wildman–Crippen MR) is 74.8 cm³/mol. The van der Waals surface area contributed by atoms with E-state index in [-0.39, 0.29) is 6.10 Å². The molecule has 1 aliphatic carbocycles. The molecule has 1 unspecified atom stereocenters. The molecule has 0 bridgehead atoms. The lowest BCUT2D eigenvalue weighted by atomic mass is 9.82. The Labute approximate surface area is 115 Å². The van der Waals surface area contributed by atoms with Crippen LogP contribution in [0.4, 0.5) is 4.79 Å². The third-order valence-corrected chi connectivity index (χ3v) is 3.47. The van der Waals surface area contributed by atoms with Gasteiger partial charge in [0.25, 0.3) is 0 Å². The zero-order valence-corrected chi connectivity index (χ0v) is 12.3. The van der Waals surface area contributed by atoms with Crippen LogP contribution >= 0.6 is 0 Å². The summed E-state index contributed by atoms with van der Waals surface area (Å²) < 4.78 is 5.13. The first kappa shape index (κ1) is 16.2. The van der Waals surface area contributed by atoms with Crippen LogP contribution < -0.4 is 11.1 Å². The Balaban J connectivity index is 2.16. The van der Waals surface area contributed by atoms with Gasteiger partial charge in [-0.1, -0.05) is 0 Å². The molecule has 1 aliphatic rings. The summed E-state index contributed by atoms with van der Waals surface area (Å²) in [6, 6.07) is 0.295. The molecule has 0 heterocycles. The largest absolute Gasteiger partial charge is 0.444 e. The van der Waals surface area contributed by atoms with E-state index in [1.165, 1.54) is 0 Å². The van der Waals surface area contributed by atoms with Crippen LogP contribution in [0.3, 0.4) is 0 Å². The van der Waals surface area contributed by atoms with Gasteiger partial charge < -0.3 is 20.9 Å². The molecule has 5 nitrogen and oxygen atoms in total. The highest BCUT2D eigenvalue weighted by molar-refractivity contribution is 5.67. The van der Waals surface area contributed by atoms with E-state index >= 15 is 0 Å². The van der Waals surface area contributed by atoms with Crippen molar-refractivity contribution in [2.75, 3.05) is 6.54 Å². The molecule has 0 radical (unpaired) electrons. The summed E-state index contributed by atoms with van der Waals surface area (Å²) in [6.45, 7) is 5.92. The van der Waals surface area contributed by atoms with Crippen LogP contribution in [0.15, 0.2) is 0 Å². The number of alkyl carbamates (subject to hydrolysis) is 1. The van der Waals surface area contributed by atoms with Crippen molar-refractivity contribution in [3.8, 4) is 0 Å². The van der Waals surface area contributed by atoms with Crippen LogP contribution in [0, 0.1) is 5.92 Å². The minimum absolute atomic E-state index is 0.295. The minimum Gasteiger partial charge on any atom is -0.444 e. The average molecular weight is 272 g/mol. The molecule has 5 heteroatoms. The van der Waals surface area contributed by atoms with Gasteiger partial charge in [0.2, 0.25) is 0 Å². The Bertz CT molecular complexity index is 281. The second kappa shape index (κ2) is 7.10. The first-order valence-electron chi connectivity index (χ1n) is 7.18. The van der Waals surface area contributed by atoms with Gasteiger partial charge in [0.05, 0.1) is 6.10 Å². The van der Waals surface area contributed by atoms with E-state index in [0.717, 1.165) is 25.7 Å². The molecule has 1 amide bonds. The Morgan fingerprint density at radius 3 is 2.47 bits per heavy atom. The number of carbonyl (C=O) groups excluding carboxylic acids is 1. The van der Waals surface area contributed by atoms with Crippen molar-refractivity contribution in [1.29, 1.82) is 0 Å². The number of nitrogens with one attached hydrogen (secondary N) is 1. The number of hydrogen-bond acceptors (Lipinski definition) is 4. The van der Waals surface area contributed by atoms with Gasteiger partial charge in [0.15, 0.2) is 0 Å². The number of carbonyl (C=O) groups is 1. The maximum atomic E-state index is 11.4. The molecule has 1 rings (SSSR count). The molecular weight excluding hydrogens is 244 g/mol. The van der Waals surface area contributed by atoms with Crippen molar-refractivity contribution >= 4 is 6.09 Å². The Morgan fingerprint density at radius 1 is 1.37 bits per heavy atom. The van der Waals surface area contributed by atoms with Crippen LogP contribution in [0.2, 0.25) is 0 Å². The van der Waals surface area contributed by atoms with Crippen LogP contribution in [0.25, 0.3) is 0 Å². The molecule has 0 aromatic rings. The molecule has 1 atom stereocenters. The van der Waals surface area contributed by atoms with E-state index in [2.05, 4.69) is 5.32 Å². The summed E-state index contributed by atoms with van der Waals surface area (Å²) in [5.74, 6) is 0.320.